The Balaban J connectivity index is 1.94. The Morgan fingerprint density at radius 3 is 2.58 bits per heavy atom. The summed E-state index contributed by atoms with van der Waals surface area (Å²) in [7, 11) is 0. The van der Waals surface area contributed by atoms with Crippen molar-refractivity contribution in [1.82, 2.24) is 14.9 Å². The standard InChI is InChI=1S/C15H13F3N4O2/c16-15(17,18)11-7-22(6-10(11)13(19)23)14(24)8-1-4-21-12-2-3-20-5-9(8)12/h1-5,10-11H,6-7H2,(H2,19,23)/t10-,11-/m1/s1. The third-order valence-corrected chi connectivity index (χ3v) is 4.17. The van der Waals surface area contributed by atoms with Crippen LogP contribution < -0.4 is 5.73 Å². The summed E-state index contributed by atoms with van der Waals surface area (Å²) in [6, 6.07) is 3.02. The molecule has 126 valence electrons. The number of hydrogen-bond acceptors (Lipinski definition) is 4. The minimum atomic E-state index is -4.60. The van der Waals surface area contributed by atoms with Gasteiger partial charge >= 0.3 is 6.18 Å². The number of amides is 2. The number of likely N-dealkylation sites (tertiary alicyclic amines) is 1. The number of rotatable bonds is 2. The van der Waals surface area contributed by atoms with Crippen LogP contribution in [0.2, 0.25) is 0 Å². The lowest BCUT2D eigenvalue weighted by molar-refractivity contribution is -0.182. The summed E-state index contributed by atoms with van der Waals surface area (Å²) in [6.45, 7) is -0.956. The zero-order chi connectivity index (χ0) is 17.5. The van der Waals surface area contributed by atoms with Crippen LogP contribution in [0.25, 0.3) is 10.9 Å². The molecule has 0 spiro atoms. The van der Waals surface area contributed by atoms with Gasteiger partial charge in [0.15, 0.2) is 0 Å². The van der Waals surface area contributed by atoms with Gasteiger partial charge in [-0.05, 0) is 12.1 Å². The van der Waals surface area contributed by atoms with Crippen LogP contribution in [0.4, 0.5) is 13.2 Å². The van der Waals surface area contributed by atoms with Crippen LogP contribution in [0.15, 0.2) is 30.7 Å². The van der Waals surface area contributed by atoms with Crippen molar-refractivity contribution in [1.29, 1.82) is 0 Å². The Hall–Kier alpha value is -2.71. The molecule has 2 amide bonds. The highest BCUT2D eigenvalue weighted by atomic mass is 19.4. The molecule has 0 aliphatic carbocycles. The lowest BCUT2D eigenvalue weighted by Gasteiger charge is -2.19. The minimum absolute atomic E-state index is 0.194. The molecule has 1 aliphatic heterocycles. The number of nitrogens with zero attached hydrogens (tertiary/aromatic N) is 3. The maximum absolute atomic E-state index is 13.1. The number of pyridine rings is 2. The first-order valence-corrected chi connectivity index (χ1v) is 7.13. The Morgan fingerprint density at radius 2 is 1.96 bits per heavy atom. The number of carbonyl (C=O) groups is 2. The molecule has 0 radical (unpaired) electrons. The normalized spacial score (nSPS) is 21.2. The zero-order valence-corrected chi connectivity index (χ0v) is 12.3. The number of halogens is 3. The van der Waals surface area contributed by atoms with Crippen molar-refractivity contribution >= 4 is 22.7 Å². The Kier molecular flexibility index (Phi) is 3.86. The van der Waals surface area contributed by atoms with Gasteiger partial charge in [-0.1, -0.05) is 0 Å². The van der Waals surface area contributed by atoms with E-state index in [0.717, 1.165) is 4.90 Å². The fourth-order valence-corrected chi connectivity index (χ4v) is 2.94. The molecule has 3 rings (SSSR count). The first-order chi connectivity index (χ1) is 11.3. The van der Waals surface area contributed by atoms with Gasteiger partial charge < -0.3 is 10.6 Å². The van der Waals surface area contributed by atoms with Crippen molar-refractivity contribution in [2.24, 2.45) is 17.6 Å². The van der Waals surface area contributed by atoms with E-state index in [1.54, 1.807) is 6.07 Å². The van der Waals surface area contributed by atoms with Gasteiger partial charge in [-0.3, -0.25) is 19.6 Å². The Labute approximate surface area is 134 Å². The fraction of sp³-hybridized carbons (Fsp3) is 0.333. The molecule has 1 fully saturated rings. The van der Waals surface area contributed by atoms with Gasteiger partial charge in [-0.15, -0.1) is 0 Å². The molecule has 2 atom stereocenters. The highest BCUT2D eigenvalue weighted by Crippen LogP contribution is 2.38. The second-order valence-corrected chi connectivity index (χ2v) is 5.62. The average molecular weight is 338 g/mol. The third kappa shape index (κ3) is 2.77. The molecular formula is C15H13F3N4O2. The van der Waals surface area contributed by atoms with Crippen molar-refractivity contribution in [2.45, 2.75) is 6.18 Å². The molecule has 3 heterocycles. The summed E-state index contributed by atoms with van der Waals surface area (Å²) in [5, 5.41) is 0.441. The smallest absolute Gasteiger partial charge is 0.369 e. The van der Waals surface area contributed by atoms with Gasteiger partial charge in [0.1, 0.15) is 0 Å². The fourth-order valence-electron chi connectivity index (χ4n) is 2.94. The van der Waals surface area contributed by atoms with E-state index in [9.17, 15) is 22.8 Å². The molecule has 0 bridgehead atoms. The average Bonchev–Trinajstić information content (AvgIpc) is 2.99. The predicted molar refractivity (Wildman–Crippen MR) is 77.7 cm³/mol. The van der Waals surface area contributed by atoms with Crippen molar-refractivity contribution in [2.75, 3.05) is 13.1 Å². The van der Waals surface area contributed by atoms with Crippen molar-refractivity contribution in [3.8, 4) is 0 Å². The summed E-state index contributed by atoms with van der Waals surface area (Å²) < 4.78 is 39.3. The first kappa shape index (κ1) is 16.2. The van der Waals surface area contributed by atoms with Crippen LogP contribution in [0, 0.1) is 11.8 Å². The predicted octanol–water partition coefficient (Wildman–Crippen LogP) is 1.37. The molecule has 6 nitrogen and oxygen atoms in total. The maximum atomic E-state index is 13.1. The van der Waals surface area contributed by atoms with E-state index < -0.39 is 36.4 Å². The molecule has 0 aromatic carbocycles. The number of alkyl halides is 3. The summed E-state index contributed by atoms with van der Waals surface area (Å²) in [6.07, 6.45) is -0.268. The zero-order valence-electron chi connectivity index (χ0n) is 12.3. The van der Waals surface area contributed by atoms with Gasteiger partial charge in [0.2, 0.25) is 5.91 Å². The topological polar surface area (TPSA) is 89.2 Å². The van der Waals surface area contributed by atoms with Crippen LogP contribution >= 0.6 is 0 Å². The lowest BCUT2D eigenvalue weighted by atomic mass is 9.95. The number of hydrogen-bond donors (Lipinski definition) is 1. The molecule has 0 unspecified atom stereocenters. The van der Waals surface area contributed by atoms with Gasteiger partial charge in [-0.25, -0.2) is 0 Å². The second kappa shape index (κ2) is 5.73. The summed E-state index contributed by atoms with van der Waals surface area (Å²) in [4.78, 5) is 33.0. The quantitative estimate of drug-likeness (QED) is 0.895. The van der Waals surface area contributed by atoms with E-state index in [1.807, 2.05) is 0 Å². The van der Waals surface area contributed by atoms with Gasteiger partial charge in [0, 0.05) is 37.1 Å². The van der Waals surface area contributed by atoms with Crippen molar-refractivity contribution in [3.63, 3.8) is 0 Å². The molecular weight excluding hydrogens is 325 g/mol. The van der Waals surface area contributed by atoms with Crippen molar-refractivity contribution < 1.29 is 22.8 Å². The monoisotopic (exact) mass is 338 g/mol. The second-order valence-electron chi connectivity index (χ2n) is 5.62. The van der Waals surface area contributed by atoms with Crippen LogP contribution in [0.3, 0.4) is 0 Å². The maximum Gasteiger partial charge on any atom is 0.394 e. The largest absolute Gasteiger partial charge is 0.394 e. The summed E-state index contributed by atoms with van der Waals surface area (Å²) in [5.41, 5.74) is 5.78. The molecule has 1 saturated heterocycles. The number of primary amides is 1. The number of fused-ring (bicyclic) bond motifs is 1. The molecule has 9 heteroatoms. The van der Waals surface area contributed by atoms with Crippen molar-refractivity contribution in [3.05, 3.63) is 36.3 Å². The molecule has 24 heavy (non-hydrogen) atoms. The van der Waals surface area contributed by atoms with Gasteiger partial charge in [0.05, 0.1) is 22.9 Å². The number of nitrogens with two attached hydrogens (primary N) is 1. The molecule has 2 N–H and O–H groups in total. The Bertz CT molecular complexity index is 803. The van der Waals surface area contributed by atoms with E-state index in [2.05, 4.69) is 9.97 Å². The van der Waals surface area contributed by atoms with Gasteiger partial charge in [0.25, 0.3) is 5.91 Å². The summed E-state index contributed by atoms with van der Waals surface area (Å²) in [5.74, 6) is -5.06. The molecule has 1 aliphatic rings. The first-order valence-electron chi connectivity index (χ1n) is 7.13. The van der Waals surface area contributed by atoms with E-state index in [4.69, 9.17) is 5.73 Å². The highest BCUT2D eigenvalue weighted by molar-refractivity contribution is 6.06. The van der Waals surface area contributed by atoms with Crippen LogP contribution in [-0.4, -0.2) is 45.9 Å². The van der Waals surface area contributed by atoms with E-state index in [1.165, 1.54) is 24.7 Å². The molecule has 2 aromatic heterocycles. The number of aromatic nitrogens is 2. The van der Waals surface area contributed by atoms with Crippen LogP contribution in [0.5, 0.6) is 0 Å². The summed E-state index contributed by atoms with van der Waals surface area (Å²) >= 11 is 0. The van der Waals surface area contributed by atoms with Crippen LogP contribution in [-0.2, 0) is 4.79 Å². The van der Waals surface area contributed by atoms with Gasteiger partial charge in [-0.2, -0.15) is 13.2 Å². The minimum Gasteiger partial charge on any atom is -0.369 e. The third-order valence-electron chi connectivity index (χ3n) is 4.17. The number of carbonyl (C=O) groups excluding carboxylic acids is 2. The van der Waals surface area contributed by atoms with E-state index in [-0.39, 0.29) is 12.1 Å². The SMILES string of the molecule is NC(=O)[C@@H]1CN(C(=O)c2ccnc3ccncc23)C[C@H]1C(F)(F)F. The Morgan fingerprint density at radius 1 is 1.21 bits per heavy atom. The van der Waals surface area contributed by atoms with E-state index >= 15 is 0 Å². The molecule has 2 aromatic rings. The lowest BCUT2D eigenvalue weighted by Crippen LogP contribution is -2.37. The van der Waals surface area contributed by atoms with E-state index in [0.29, 0.717) is 10.9 Å². The molecule has 0 saturated carbocycles. The highest BCUT2D eigenvalue weighted by Gasteiger charge is 2.52. The van der Waals surface area contributed by atoms with Crippen LogP contribution in [0.1, 0.15) is 10.4 Å².